The fraction of sp³-hybridized carbons (Fsp3) is 0.500. The predicted molar refractivity (Wildman–Crippen MR) is 35.3 cm³/mol. The van der Waals surface area contributed by atoms with E-state index in [9.17, 15) is 14.4 Å². The zero-order valence-corrected chi connectivity index (χ0v) is 5.98. The molecule has 0 aromatic heterocycles. The van der Waals surface area contributed by atoms with Gasteiger partial charge in [0.15, 0.2) is 0 Å². The Kier molecular flexibility index (Phi) is 1.99. The summed E-state index contributed by atoms with van der Waals surface area (Å²) >= 11 is 0. The van der Waals surface area contributed by atoms with Gasteiger partial charge in [-0.05, 0) is 0 Å². The fourth-order valence-electron chi connectivity index (χ4n) is 1.11. The molecular weight excluding hydrogens is 166 g/mol. The molecule has 0 saturated carbocycles. The second-order valence-electron chi connectivity index (χ2n) is 2.53. The molecular formula is C6H7NO5. The Morgan fingerprint density at radius 1 is 1.33 bits per heavy atom. The number of rotatable bonds is 2. The number of carbonyl (C=O) groups excluding carboxylic acids is 1. The van der Waals surface area contributed by atoms with E-state index in [0.29, 0.717) is 0 Å². The van der Waals surface area contributed by atoms with Crippen LogP contribution in [0.25, 0.3) is 0 Å². The molecule has 1 aliphatic heterocycles. The van der Waals surface area contributed by atoms with Gasteiger partial charge in [-0.3, -0.25) is 9.59 Å². The van der Waals surface area contributed by atoms with Crippen LogP contribution in [-0.2, 0) is 14.4 Å². The Morgan fingerprint density at radius 3 is 2.25 bits per heavy atom. The molecule has 12 heavy (non-hydrogen) atoms. The standard InChI is InChI=1S/C6H7NO5/c8-3-1-2(5(9)10)4(7-3)6(11)12/h2,4H,1H2,(H,7,8)(H,9,10)(H,11,12)/t2-,4+/m0/s1. The van der Waals surface area contributed by atoms with Gasteiger partial charge in [0.2, 0.25) is 5.91 Å². The highest BCUT2D eigenvalue weighted by atomic mass is 16.4. The lowest BCUT2D eigenvalue weighted by atomic mass is 10.0. The molecule has 0 radical (unpaired) electrons. The summed E-state index contributed by atoms with van der Waals surface area (Å²) in [6.07, 6.45) is -0.258. The van der Waals surface area contributed by atoms with E-state index in [4.69, 9.17) is 10.2 Å². The Labute approximate surface area is 67.2 Å². The zero-order chi connectivity index (χ0) is 9.30. The van der Waals surface area contributed by atoms with Gasteiger partial charge < -0.3 is 15.5 Å². The Balaban J connectivity index is 2.79. The third-order valence-corrected chi connectivity index (χ3v) is 1.71. The van der Waals surface area contributed by atoms with E-state index >= 15 is 0 Å². The summed E-state index contributed by atoms with van der Waals surface area (Å²) in [4.78, 5) is 31.4. The highest BCUT2D eigenvalue weighted by Gasteiger charge is 2.41. The van der Waals surface area contributed by atoms with Crippen molar-refractivity contribution in [3.63, 3.8) is 0 Å². The first-order valence-corrected chi connectivity index (χ1v) is 3.27. The molecule has 6 nitrogen and oxygen atoms in total. The second-order valence-corrected chi connectivity index (χ2v) is 2.53. The van der Waals surface area contributed by atoms with Crippen LogP contribution in [0, 0.1) is 5.92 Å². The van der Waals surface area contributed by atoms with E-state index in [-0.39, 0.29) is 6.42 Å². The van der Waals surface area contributed by atoms with Gasteiger partial charge in [-0.15, -0.1) is 0 Å². The topological polar surface area (TPSA) is 104 Å². The molecule has 1 aliphatic rings. The van der Waals surface area contributed by atoms with E-state index < -0.39 is 29.8 Å². The quantitative estimate of drug-likeness (QED) is 0.479. The fourth-order valence-corrected chi connectivity index (χ4v) is 1.11. The number of carboxylic acids is 2. The maximum atomic E-state index is 10.6. The van der Waals surface area contributed by atoms with Crippen molar-refractivity contribution in [2.24, 2.45) is 5.92 Å². The van der Waals surface area contributed by atoms with Crippen LogP contribution >= 0.6 is 0 Å². The number of hydrogen-bond acceptors (Lipinski definition) is 3. The van der Waals surface area contributed by atoms with Gasteiger partial charge in [-0.25, -0.2) is 4.79 Å². The monoisotopic (exact) mass is 173 g/mol. The summed E-state index contributed by atoms with van der Waals surface area (Å²) in [5.41, 5.74) is 0. The highest BCUT2D eigenvalue weighted by molar-refractivity contribution is 5.94. The molecule has 0 bridgehead atoms. The summed E-state index contributed by atoms with van der Waals surface area (Å²) < 4.78 is 0. The van der Waals surface area contributed by atoms with Crippen molar-refractivity contribution in [3.05, 3.63) is 0 Å². The summed E-state index contributed by atoms with van der Waals surface area (Å²) in [5, 5.41) is 19.0. The van der Waals surface area contributed by atoms with Gasteiger partial charge in [-0.1, -0.05) is 0 Å². The van der Waals surface area contributed by atoms with E-state index in [2.05, 4.69) is 5.32 Å². The molecule has 0 unspecified atom stereocenters. The number of carboxylic acid groups (broad SMARTS) is 2. The van der Waals surface area contributed by atoms with Crippen molar-refractivity contribution < 1.29 is 24.6 Å². The maximum absolute atomic E-state index is 10.6. The number of hydrogen-bond donors (Lipinski definition) is 3. The van der Waals surface area contributed by atoms with Crippen molar-refractivity contribution in [3.8, 4) is 0 Å². The van der Waals surface area contributed by atoms with Gasteiger partial charge >= 0.3 is 11.9 Å². The van der Waals surface area contributed by atoms with Gasteiger partial charge in [-0.2, -0.15) is 0 Å². The predicted octanol–water partition coefficient (Wildman–Crippen LogP) is -1.34. The molecule has 0 aliphatic carbocycles. The minimum Gasteiger partial charge on any atom is -0.481 e. The molecule has 0 aromatic carbocycles. The first kappa shape index (κ1) is 8.51. The number of carbonyl (C=O) groups is 3. The summed E-state index contributed by atoms with van der Waals surface area (Å²) in [6.45, 7) is 0. The minimum absolute atomic E-state index is 0.258. The highest BCUT2D eigenvalue weighted by Crippen LogP contribution is 2.16. The molecule has 6 heteroatoms. The molecule has 0 aromatic rings. The molecule has 1 amide bonds. The smallest absolute Gasteiger partial charge is 0.327 e. The third kappa shape index (κ3) is 1.36. The van der Waals surface area contributed by atoms with Crippen molar-refractivity contribution in [1.82, 2.24) is 5.32 Å². The van der Waals surface area contributed by atoms with E-state index in [1.165, 1.54) is 0 Å². The second kappa shape index (κ2) is 2.80. The average Bonchev–Trinajstić information content (AvgIpc) is 2.31. The Morgan fingerprint density at radius 2 is 1.92 bits per heavy atom. The molecule has 0 spiro atoms. The molecule has 1 rings (SSSR count). The van der Waals surface area contributed by atoms with Crippen LogP contribution in [0.2, 0.25) is 0 Å². The van der Waals surface area contributed by atoms with Crippen molar-refractivity contribution in [1.29, 1.82) is 0 Å². The van der Waals surface area contributed by atoms with Crippen LogP contribution in [0.1, 0.15) is 6.42 Å². The lowest BCUT2D eigenvalue weighted by Gasteiger charge is -2.08. The number of amides is 1. The molecule has 1 saturated heterocycles. The molecule has 2 atom stereocenters. The third-order valence-electron chi connectivity index (χ3n) is 1.71. The van der Waals surface area contributed by atoms with Crippen LogP contribution < -0.4 is 5.32 Å². The van der Waals surface area contributed by atoms with E-state index in [1.54, 1.807) is 0 Å². The SMILES string of the molecule is O=C1C[C@H](C(=O)O)[C@H](C(=O)O)N1. The van der Waals surface area contributed by atoms with E-state index in [0.717, 1.165) is 0 Å². The van der Waals surface area contributed by atoms with Gasteiger partial charge in [0.05, 0.1) is 5.92 Å². The first-order valence-electron chi connectivity index (χ1n) is 3.27. The lowest BCUT2D eigenvalue weighted by molar-refractivity contribution is -0.149. The van der Waals surface area contributed by atoms with Gasteiger partial charge in [0.25, 0.3) is 0 Å². The van der Waals surface area contributed by atoms with Gasteiger partial charge in [0, 0.05) is 6.42 Å². The summed E-state index contributed by atoms with van der Waals surface area (Å²) in [6, 6.07) is -1.28. The first-order chi connectivity index (χ1) is 5.52. The van der Waals surface area contributed by atoms with Crippen LogP contribution in [0.4, 0.5) is 0 Å². The molecule has 1 heterocycles. The number of aliphatic carboxylic acids is 2. The largest absolute Gasteiger partial charge is 0.481 e. The van der Waals surface area contributed by atoms with Gasteiger partial charge in [0.1, 0.15) is 6.04 Å². The van der Waals surface area contributed by atoms with Crippen molar-refractivity contribution in [2.45, 2.75) is 12.5 Å². The summed E-state index contributed by atoms with van der Waals surface area (Å²) in [5.74, 6) is -4.25. The van der Waals surface area contributed by atoms with E-state index in [1.807, 2.05) is 0 Å². The average molecular weight is 173 g/mol. The van der Waals surface area contributed by atoms with Crippen molar-refractivity contribution in [2.75, 3.05) is 0 Å². The van der Waals surface area contributed by atoms with Crippen molar-refractivity contribution >= 4 is 17.8 Å². The van der Waals surface area contributed by atoms with Crippen LogP contribution in [-0.4, -0.2) is 34.1 Å². The number of nitrogens with one attached hydrogen (secondary N) is 1. The molecule has 1 fully saturated rings. The molecule has 66 valence electrons. The lowest BCUT2D eigenvalue weighted by Crippen LogP contribution is -2.39. The van der Waals surface area contributed by atoms with Crippen LogP contribution in [0.3, 0.4) is 0 Å². The minimum atomic E-state index is -1.31. The summed E-state index contributed by atoms with van der Waals surface area (Å²) in [7, 11) is 0. The normalized spacial score (nSPS) is 28.2. The Bertz CT molecular complexity index is 224. The molecule has 3 N–H and O–H groups in total. The maximum Gasteiger partial charge on any atom is 0.327 e. The van der Waals surface area contributed by atoms with Crippen LogP contribution in [0.5, 0.6) is 0 Å². The zero-order valence-electron chi connectivity index (χ0n) is 5.98. The van der Waals surface area contributed by atoms with Crippen LogP contribution in [0.15, 0.2) is 0 Å². The Hall–Kier alpha value is -1.59.